The fraction of sp³-hybridized carbons (Fsp3) is 0.324. The van der Waals surface area contributed by atoms with Crippen LogP contribution in [0.25, 0.3) is 10.9 Å². The van der Waals surface area contributed by atoms with Crippen LogP contribution in [0.2, 0.25) is 0 Å². The van der Waals surface area contributed by atoms with Gasteiger partial charge in [-0.15, -0.1) is 0 Å². The highest BCUT2D eigenvalue weighted by Gasteiger charge is 2.69. The molecule has 9 heteroatoms. The lowest BCUT2D eigenvalue weighted by atomic mass is 9.76. The molecule has 0 saturated carbocycles. The van der Waals surface area contributed by atoms with Crippen molar-refractivity contribution in [1.29, 1.82) is 0 Å². The van der Waals surface area contributed by atoms with Crippen LogP contribution in [-0.2, 0) is 33.6 Å². The molecular formula is C34H33N3O6. The van der Waals surface area contributed by atoms with Crippen molar-refractivity contribution in [1.82, 2.24) is 10.3 Å². The Morgan fingerprint density at radius 1 is 0.930 bits per heavy atom. The van der Waals surface area contributed by atoms with Crippen LogP contribution in [0.4, 0.5) is 5.69 Å². The molecule has 0 aliphatic carbocycles. The Morgan fingerprint density at radius 2 is 1.65 bits per heavy atom. The molecule has 4 atom stereocenters. The van der Waals surface area contributed by atoms with Gasteiger partial charge in [-0.05, 0) is 53.3 Å². The van der Waals surface area contributed by atoms with Crippen LogP contribution in [0.15, 0.2) is 66.9 Å². The van der Waals surface area contributed by atoms with Gasteiger partial charge in [-0.3, -0.25) is 19.7 Å². The zero-order valence-electron chi connectivity index (χ0n) is 24.1. The number of carbonyl (C=O) groups excluding carboxylic acids is 2. The predicted molar refractivity (Wildman–Crippen MR) is 160 cm³/mol. The summed E-state index contributed by atoms with van der Waals surface area (Å²) < 4.78 is 11.5. The number of benzene rings is 3. The zero-order chi connectivity index (χ0) is 29.9. The number of carboxylic acids is 1. The van der Waals surface area contributed by atoms with Gasteiger partial charge in [0.15, 0.2) is 11.5 Å². The average Bonchev–Trinajstić information content (AvgIpc) is 3.68. The lowest BCUT2D eigenvalue weighted by Crippen LogP contribution is -2.57. The first-order valence-corrected chi connectivity index (χ1v) is 14.8. The first-order chi connectivity index (χ1) is 20.9. The number of imide groups is 1. The molecule has 3 aliphatic rings. The van der Waals surface area contributed by atoms with Crippen molar-refractivity contribution >= 4 is 34.4 Å². The molecule has 0 spiro atoms. The molecular weight excluding hydrogens is 546 g/mol. The van der Waals surface area contributed by atoms with Crippen LogP contribution in [0, 0.1) is 11.8 Å². The Balaban J connectivity index is 1.41. The molecule has 3 N–H and O–H groups in total. The summed E-state index contributed by atoms with van der Waals surface area (Å²) in [6, 6.07) is 18.1. The minimum atomic E-state index is -1.75. The molecule has 2 fully saturated rings. The van der Waals surface area contributed by atoms with E-state index in [2.05, 4.69) is 10.3 Å². The van der Waals surface area contributed by atoms with E-state index in [4.69, 9.17) is 9.47 Å². The van der Waals surface area contributed by atoms with E-state index >= 15 is 0 Å². The number of hydrogen-bond donors (Lipinski definition) is 3. The van der Waals surface area contributed by atoms with E-state index in [1.807, 2.05) is 62.4 Å². The van der Waals surface area contributed by atoms with E-state index in [1.165, 1.54) is 4.90 Å². The Kier molecular flexibility index (Phi) is 6.50. The summed E-state index contributed by atoms with van der Waals surface area (Å²) in [5.74, 6) is -3.00. The number of carbonyl (C=O) groups is 3. The standard InChI is InChI=1S/C34H33N3O6/c1-3-19-8-7-9-20(4-2)30(19)37-31(38)27-28(32(37)39)34(33(40)41,17-22-18-35-24-11-6-5-10-23(22)24)36-29(27)21-12-13-25-26(16-21)43-15-14-42-25/h5-13,16,18,27-29,35-36H,3-4,14-15,17H2,1-2H3,(H,40,41). The number of hydrogen-bond acceptors (Lipinski definition) is 6. The van der Waals surface area contributed by atoms with Crippen molar-refractivity contribution in [2.75, 3.05) is 18.1 Å². The van der Waals surface area contributed by atoms with Crippen molar-refractivity contribution in [3.63, 3.8) is 0 Å². The second kappa shape index (κ2) is 10.3. The molecule has 3 aliphatic heterocycles. The number of H-pyrrole nitrogens is 1. The first-order valence-electron chi connectivity index (χ1n) is 14.8. The number of anilines is 1. The molecule has 9 nitrogen and oxygen atoms in total. The van der Waals surface area contributed by atoms with Gasteiger partial charge < -0.3 is 19.6 Å². The lowest BCUT2D eigenvalue weighted by molar-refractivity contribution is -0.148. The average molecular weight is 580 g/mol. The highest BCUT2D eigenvalue weighted by Crippen LogP contribution is 2.52. The maximum absolute atomic E-state index is 14.6. The summed E-state index contributed by atoms with van der Waals surface area (Å²) in [4.78, 5) is 47.1. The molecule has 220 valence electrons. The molecule has 2 saturated heterocycles. The third-order valence-electron chi connectivity index (χ3n) is 9.29. The molecule has 4 unspecified atom stereocenters. The predicted octanol–water partition coefficient (Wildman–Crippen LogP) is 4.58. The summed E-state index contributed by atoms with van der Waals surface area (Å²) in [5, 5.41) is 15.2. The van der Waals surface area contributed by atoms with Crippen molar-refractivity contribution < 1.29 is 29.0 Å². The fourth-order valence-electron chi connectivity index (χ4n) is 7.28. The molecule has 4 heterocycles. The SMILES string of the molecule is CCc1cccc(CC)c1N1C(=O)C2C(c3ccc4c(c3)OCCO4)NC(Cc3c[nH]c4ccccc34)(C(=O)O)C2C1=O. The van der Waals surface area contributed by atoms with Gasteiger partial charge in [0.05, 0.1) is 17.5 Å². The van der Waals surface area contributed by atoms with Gasteiger partial charge in [0.25, 0.3) is 0 Å². The van der Waals surface area contributed by atoms with Crippen LogP contribution < -0.4 is 19.7 Å². The largest absolute Gasteiger partial charge is 0.486 e. The van der Waals surface area contributed by atoms with Gasteiger partial charge >= 0.3 is 5.97 Å². The number of aryl methyl sites for hydroxylation is 2. The summed E-state index contributed by atoms with van der Waals surface area (Å²) >= 11 is 0. The number of nitrogens with zero attached hydrogens (tertiary/aromatic N) is 1. The Labute approximate surface area is 248 Å². The van der Waals surface area contributed by atoms with Crippen LogP contribution >= 0.6 is 0 Å². The molecule has 1 aromatic heterocycles. The summed E-state index contributed by atoms with van der Waals surface area (Å²) in [7, 11) is 0. The highest BCUT2D eigenvalue weighted by atomic mass is 16.6. The topological polar surface area (TPSA) is 121 Å². The van der Waals surface area contributed by atoms with Crippen molar-refractivity contribution in [3.8, 4) is 11.5 Å². The van der Waals surface area contributed by atoms with Gasteiger partial charge in [-0.25, -0.2) is 4.90 Å². The van der Waals surface area contributed by atoms with E-state index in [0.717, 1.165) is 27.6 Å². The minimum Gasteiger partial charge on any atom is -0.486 e. The summed E-state index contributed by atoms with van der Waals surface area (Å²) in [6.45, 7) is 4.80. The molecule has 7 rings (SSSR count). The van der Waals surface area contributed by atoms with E-state index in [0.29, 0.717) is 48.8 Å². The van der Waals surface area contributed by atoms with E-state index in [9.17, 15) is 19.5 Å². The van der Waals surface area contributed by atoms with Crippen LogP contribution in [0.3, 0.4) is 0 Å². The second-order valence-corrected chi connectivity index (χ2v) is 11.5. The number of amides is 2. The lowest BCUT2D eigenvalue weighted by Gasteiger charge is -2.32. The Hall–Kier alpha value is -4.63. The van der Waals surface area contributed by atoms with Gasteiger partial charge in [0.1, 0.15) is 18.8 Å². The molecule has 3 aromatic carbocycles. The summed E-state index contributed by atoms with van der Waals surface area (Å²) in [5.41, 5.74) is 2.89. The van der Waals surface area contributed by atoms with Gasteiger partial charge in [0, 0.05) is 29.6 Å². The molecule has 0 bridgehead atoms. The van der Waals surface area contributed by atoms with Gasteiger partial charge in [0.2, 0.25) is 11.8 Å². The van der Waals surface area contributed by atoms with Crippen molar-refractivity contribution in [3.05, 3.63) is 89.1 Å². The quantitative estimate of drug-likeness (QED) is 0.274. The third-order valence-corrected chi connectivity index (χ3v) is 9.29. The normalized spacial score (nSPS) is 24.5. The number of rotatable bonds is 7. The number of aromatic nitrogens is 1. The number of aromatic amines is 1. The molecule has 2 amide bonds. The van der Waals surface area contributed by atoms with Crippen LogP contribution in [-0.4, -0.2) is 46.6 Å². The number of fused-ring (bicyclic) bond motifs is 3. The maximum Gasteiger partial charge on any atom is 0.325 e. The number of ether oxygens (including phenoxy) is 2. The van der Waals surface area contributed by atoms with E-state index in [-0.39, 0.29) is 12.3 Å². The molecule has 43 heavy (non-hydrogen) atoms. The third kappa shape index (κ3) is 4.06. The zero-order valence-corrected chi connectivity index (χ0v) is 24.1. The van der Waals surface area contributed by atoms with E-state index < -0.39 is 35.3 Å². The van der Waals surface area contributed by atoms with Gasteiger partial charge in [-0.2, -0.15) is 0 Å². The van der Waals surface area contributed by atoms with Crippen molar-refractivity contribution in [2.45, 2.75) is 44.7 Å². The number of para-hydroxylation sites is 2. The number of aliphatic carboxylic acids is 1. The summed E-state index contributed by atoms with van der Waals surface area (Å²) in [6.07, 6.45) is 3.05. The van der Waals surface area contributed by atoms with Crippen LogP contribution in [0.1, 0.15) is 42.1 Å². The fourth-order valence-corrected chi connectivity index (χ4v) is 7.28. The maximum atomic E-state index is 14.6. The number of carboxylic acid groups (broad SMARTS) is 1. The number of nitrogens with one attached hydrogen (secondary N) is 2. The Morgan fingerprint density at radius 3 is 2.37 bits per heavy atom. The Bertz CT molecular complexity index is 1760. The van der Waals surface area contributed by atoms with E-state index in [1.54, 1.807) is 18.3 Å². The monoisotopic (exact) mass is 579 g/mol. The van der Waals surface area contributed by atoms with Gasteiger partial charge in [-0.1, -0.05) is 56.3 Å². The van der Waals surface area contributed by atoms with Crippen molar-refractivity contribution in [2.24, 2.45) is 11.8 Å². The van der Waals surface area contributed by atoms with Crippen LogP contribution in [0.5, 0.6) is 11.5 Å². The minimum absolute atomic E-state index is 0.0114. The molecule has 4 aromatic rings. The first kappa shape index (κ1) is 27.2. The highest BCUT2D eigenvalue weighted by molar-refractivity contribution is 6.25. The molecule has 0 radical (unpaired) electrons. The second-order valence-electron chi connectivity index (χ2n) is 11.5. The smallest absolute Gasteiger partial charge is 0.325 e.